The average molecular weight is 351 g/mol. The maximum absolute atomic E-state index is 13.3. The Labute approximate surface area is 151 Å². The van der Waals surface area contributed by atoms with Crippen LogP contribution < -0.4 is 10.1 Å². The zero-order valence-corrected chi connectivity index (χ0v) is 14.8. The van der Waals surface area contributed by atoms with Crippen LogP contribution in [-0.2, 0) is 0 Å². The molecule has 3 heterocycles. The van der Waals surface area contributed by atoms with Crippen molar-refractivity contribution in [3.8, 4) is 5.75 Å². The third-order valence-electron chi connectivity index (χ3n) is 4.76. The zero-order valence-electron chi connectivity index (χ0n) is 14.8. The first-order chi connectivity index (χ1) is 12.7. The highest BCUT2D eigenvalue weighted by Gasteiger charge is 2.27. The van der Waals surface area contributed by atoms with Crippen LogP contribution in [0.15, 0.2) is 36.7 Å². The van der Waals surface area contributed by atoms with E-state index in [1.165, 1.54) is 0 Å². The van der Waals surface area contributed by atoms with E-state index in [2.05, 4.69) is 20.5 Å². The fraction of sp³-hybridized carbons (Fsp3) is 0.316. The number of hydrogen-bond donors (Lipinski definition) is 2. The van der Waals surface area contributed by atoms with Crippen molar-refractivity contribution in [3.05, 3.63) is 53.5 Å². The predicted molar refractivity (Wildman–Crippen MR) is 98.3 cm³/mol. The summed E-state index contributed by atoms with van der Waals surface area (Å²) in [5.41, 5.74) is 3.35. The Morgan fingerprint density at radius 1 is 1.35 bits per heavy atom. The van der Waals surface area contributed by atoms with E-state index in [0.717, 1.165) is 28.7 Å². The van der Waals surface area contributed by atoms with E-state index in [1.54, 1.807) is 13.3 Å². The summed E-state index contributed by atoms with van der Waals surface area (Å²) in [5, 5.41) is 11.1. The summed E-state index contributed by atoms with van der Waals surface area (Å²) in [6.07, 6.45) is 3.66. The van der Waals surface area contributed by atoms with Gasteiger partial charge in [0.15, 0.2) is 0 Å². The standard InChI is InChI=1S/C19H21N5O2/c1-12-7-16(15-8-14(26-2)3-4-17(15)23-12)19(25)24-6-5-20-18(11-24)13-9-21-22-10-13/h3-4,7-10,18,20H,5-6,11H2,1-2H3,(H,21,22). The summed E-state index contributed by atoms with van der Waals surface area (Å²) >= 11 is 0. The number of pyridine rings is 1. The number of methoxy groups -OCH3 is 1. The number of amides is 1. The minimum Gasteiger partial charge on any atom is -0.497 e. The lowest BCUT2D eigenvalue weighted by atomic mass is 10.0. The van der Waals surface area contributed by atoms with Crippen molar-refractivity contribution in [2.75, 3.05) is 26.7 Å². The second-order valence-electron chi connectivity index (χ2n) is 6.48. The number of nitrogens with zero attached hydrogens (tertiary/aromatic N) is 3. The molecule has 1 aliphatic rings. The number of ether oxygens (including phenoxy) is 1. The molecule has 2 aromatic heterocycles. The SMILES string of the molecule is COc1ccc2nc(C)cc(C(=O)N3CCNC(c4cn[nH]c4)C3)c2c1. The zero-order chi connectivity index (χ0) is 18.1. The Kier molecular flexibility index (Phi) is 4.30. The van der Waals surface area contributed by atoms with Crippen molar-refractivity contribution >= 4 is 16.8 Å². The highest BCUT2D eigenvalue weighted by atomic mass is 16.5. The van der Waals surface area contributed by atoms with Crippen LogP contribution in [-0.4, -0.2) is 52.7 Å². The summed E-state index contributed by atoms with van der Waals surface area (Å²) in [4.78, 5) is 19.7. The number of aryl methyl sites for hydroxylation is 1. The molecule has 134 valence electrons. The Morgan fingerprint density at radius 3 is 3.00 bits per heavy atom. The lowest BCUT2D eigenvalue weighted by Gasteiger charge is -2.33. The van der Waals surface area contributed by atoms with E-state index < -0.39 is 0 Å². The third kappa shape index (κ3) is 3.01. The van der Waals surface area contributed by atoms with Crippen molar-refractivity contribution in [3.63, 3.8) is 0 Å². The molecule has 1 aromatic carbocycles. The highest BCUT2D eigenvalue weighted by Crippen LogP contribution is 2.26. The minimum atomic E-state index is 0.0174. The number of aromatic amines is 1. The summed E-state index contributed by atoms with van der Waals surface area (Å²) in [7, 11) is 1.62. The van der Waals surface area contributed by atoms with Gasteiger partial charge in [0.25, 0.3) is 5.91 Å². The summed E-state index contributed by atoms with van der Waals surface area (Å²) in [6.45, 7) is 3.92. The molecule has 1 aliphatic heterocycles. The van der Waals surface area contributed by atoms with Gasteiger partial charge in [0.05, 0.1) is 30.4 Å². The first-order valence-electron chi connectivity index (χ1n) is 8.62. The number of carbonyl (C=O) groups is 1. The number of rotatable bonds is 3. The van der Waals surface area contributed by atoms with Gasteiger partial charge in [-0.05, 0) is 31.2 Å². The average Bonchev–Trinajstić information content (AvgIpc) is 3.21. The van der Waals surface area contributed by atoms with E-state index in [9.17, 15) is 4.79 Å². The smallest absolute Gasteiger partial charge is 0.254 e. The molecule has 1 amide bonds. The molecule has 26 heavy (non-hydrogen) atoms. The van der Waals surface area contributed by atoms with Crippen molar-refractivity contribution < 1.29 is 9.53 Å². The number of benzene rings is 1. The van der Waals surface area contributed by atoms with Crippen LogP contribution in [0.5, 0.6) is 5.75 Å². The Morgan fingerprint density at radius 2 is 2.23 bits per heavy atom. The molecular weight excluding hydrogens is 330 g/mol. The first-order valence-corrected chi connectivity index (χ1v) is 8.62. The monoisotopic (exact) mass is 351 g/mol. The van der Waals surface area contributed by atoms with Gasteiger partial charge in [0, 0.05) is 42.5 Å². The van der Waals surface area contributed by atoms with Crippen LogP contribution in [0.2, 0.25) is 0 Å². The Bertz CT molecular complexity index is 939. The molecule has 0 radical (unpaired) electrons. The molecule has 2 N–H and O–H groups in total. The largest absolute Gasteiger partial charge is 0.497 e. The number of nitrogens with one attached hydrogen (secondary N) is 2. The Balaban J connectivity index is 1.69. The number of hydrogen-bond acceptors (Lipinski definition) is 5. The van der Waals surface area contributed by atoms with Crippen molar-refractivity contribution in [2.45, 2.75) is 13.0 Å². The van der Waals surface area contributed by atoms with Crippen LogP contribution in [0.3, 0.4) is 0 Å². The predicted octanol–water partition coefficient (Wildman–Crippen LogP) is 2.06. The molecule has 0 saturated carbocycles. The van der Waals surface area contributed by atoms with Gasteiger partial charge in [-0.15, -0.1) is 0 Å². The summed E-state index contributed by atoms with van der Waals surface area (Å²) < 4.78 is 5.33. The van der Waals surface area contributed by atoms with E-state index in [1.807, 2.05) is 42.3 Å². The van der Waals surface area contributed by atoms with Gasteiger partial charge in [-0.1, -0.05) is 0 Å². The van der Waals surface area contributed by atoms with Crippen molar-refractivity contribution in [2.24, 2.45) is 0 Å². The van der Waals surface area contributed by atoms with Gasteiger partial charge in [-0.2, -0.15) is 5.10 Å². The van der Waals surface area contributed by atoms with Gasteiger partial charge >= 0.3 is 0 Å². The number of aromatic nitrogens is 3. The molecule has 3 aromatic rings. The van der Waals surface area contributed by atoms with Crippen molar-refractivity contribution in [1.82, 2.24) is 25.4 Å². The number of H-pyrrole nitrogens is 1. The molecule has 1 atom stereocenters. The molecule has 0 bridgehead atoms. The number of carbonyl (C=O) groups excluding carboxylic acids is 1. The lowest BCUT2D eigenvalue weighted by Crippen LogP contribution is -2.48. The molecule has 7 heteroatoms. The van der Waals surface area contributed by atoms with Gasteiger partial charge in [0.2, 0.25) is 0 Å². The van der Waals surface area contributed by atoms with Crippen LogP contribution >= 0.6 is 0 Å². The van der Waals surface area contributed by atoms with Crippen LogP contribution in [0, 0.1) is 6.92 Å². The van der Waals surface area contributed by atoms with E-state index in [0.29, 0.717) is 24.4 Å². The fourth-order valence-corrected chi connectivity index (χ4v) is 3.42. The minimum absolute atomic E-state index is 0.0174. The lowest BCUT2D eigenvalue weighted by molar-refractivity contribution is 0.0705. The molecule has 1 fully saturated rings. The van der Waals surface area contributed by atoms with Gasteiger partial charge < -0.3 is 15.0 Å². The second kappa shape index (κ2) is 6.76. The normalized spacial score (nSPS) is 17.5. The molecular formula is C19H21N5O2. The third-order valence-corrected chi connectivity index (χ3v) is 4.76. The Hall–Kier alpha value is -2.93. The van der Waals surface area contributed by atoms with Gasteiger partial charge in [-0.3, -0.25) is 14.9 Å². The summed E-state index contributed by atoms with van der Waals surface area (Å²) in [5.74, 6) is 0.734. The maximum Gasteiger partial charge on any atom is 0.254 e. The maximum atomic E-state index is 13.3. The highest BCUT2D eigenvalue weighted by molar-refractivity contribution is 6.06. The quantitative estimate of drug-likeness (QED) is 0.755. The molecule has 0 aliphatic carbocycles. The number of fused-ring (bicyclic) bond motifs is 1. The van der Waals surface area contributed by atoms with Gasteiger partial charge in [0.1, 0.15) is 5.75 Å². The molecule has 1 unspecified atom stereocenters. The summed E-state index contributed by atoms with van der Waals surface area (Å²) in [6, 6.07) is 7.58. The molecule has 1 saturated heterocycles. The fourth-order valence-electron chi connectivity index (χ4n) is 3.42. The van der Waals surface area contributed by atoms with E-state index in [4.69, 9.17) is 4.74 Å². The van der Waals surface area contributed by atoms with Crippen LogP contribution in [0.1, 0.15) is 27.7 Å². The van der Waals surface area contributed by atoms with Crippen LogP contribution in [0.4, 0.5) is 0 Å². The first kappa shape index (κ1) is 16.5. The second-order valence-corrected chi connectivity index (χ2v) is 6.48. The molecule has 4 rings (SSSR count). The van der Waals surface area contributed by atoms with E-state index in [-0.39, 0.29) is 11.9 Å². The van der Waals surface area contributed by atoms with Crippen LogP contribution in [0.25, 0.3) is 10.9 Å². The topological polar surface area (TPSA) is 83.1 Å². The number of piperazine rings is 1. The van der Waals surface area contributed by atoms with Crippen molar-refractivity contribution in [1.29, 1.82) is 0 Å². The van der Waals surface area contributed by atoms with E-state index >= 15 is 0 Å². The van der Waals surface area contributed by atoms with Gasteiger partial charge in [-0.25, -0.2) is 0 Å². The molecule has 0 spiro atoms. The molecule has 7 nitrogen and oxygen atoms in total.